The lowest BCUT2D eigenvalue weighted by Crippen LogP contribution is -2.50. The summed E-state index contributed by atoms with van der Waals surface area (Å²) in [5.41, 5.74) is 0.440. The molecule has 0 aromatic heterocycles. The number of amides is 1. The van der Waals surface area contributed by atoms with Gasteiger partial charge in [-0.2, -0.15) is 0 Å². The average Bonchev–Trinajstić information content (AvgIpc) is 3.10. The lowest BCUT2D eigenvalue weighted by molar-refractivity contribution is -0.140. The van der Waals surface area contributed by atoms with Gasteiger partial charge < -0.3 is 19.9 Å². The molecule has 27 heavy (non-hydrogen) atoms. The topological polar surface area (TPSA) is 71.0 Å². The van der Waals surface area contributed by atoms with Crippen LogP contribution in [-0.2, 0) is 14.3 Å². The SMILES string of the molecule is O=C(N[C@@H]1C[C@H]2CO[C@@H](c3ccc(Cl)cc3)CN2C1)C1(CO)CCOCC1. The minimum atomic E-state index is -0.691. The van der Waals surface area contributed by atoms with Gasteiger partial charge in [-0.3, -0.25) is 9.69 Å². The first-order valence-electron chi connectivity index (χ1n) is 9.70. The molecule has 1 aromatic rings. The summed E-state index contributed by atoms with van der Waals surface area (Å²) in [5.74, 6) is -0.0340. The van der Waals surface area contributed by atoms with Gasteiger partial charge in [0.2, 0.25) is 5.91 Å². The first-order chi connectivity index (χ1) is 13.1. The molecule has 4 rings (SSSR count). The van der Waals surface area contributed by atoms with E-state index in [1.54, 1.807) is 0 Å². The normalized spacial score (nSPS) is 30.7. The van der Waals surface area contributed by atoms with E-state index in [-0.39, 0.29) is 24.7 Å². The Bertz CT molecular complexity index is 662. The molecule has 1 aromatic carbocycles. The Hall–Kier alpha value is -1.18. The highest BCUT2D eigenvalue weighted by Crippen LogP contribution is 2.33. The molecule has 0 bridgehead atoms. The molecule has 148 valence electrons. The summed E-state index contributed by atoms with van der Waals surface area (Å²) < 4.78 is 11.4. The van der Waals surface area contributed by atoms with Crippen LogP contribution in [0.1, 0.15) is 30.9 Å². The number of hydrogen-bond donors (Lipinski definition) is 2. The summed E-state index contributed by atoms with van der Waals surface area (Å²) >= 11 is 5.98. The molecule has 0 saturated carbocycles. The Morgan fingerprint density at radius 2 is 2.00 bits per heavy atom. The second kappa shape index (κ2) is 8.05. The van der Waals surface area contributed by atoms with Gasteiger partial charge in [0.1, 0.15) is 0 Å². The van der Waals surface area contributed by atoms with E-state index in [4.69, 9.17) is 21.1 Å². The van der Waals surface area contributed by atoms with Crippen molar-refractivity contribution in [2.75, 3.05) is 39.5 Å². The van der Waals surface area contributed by atoms with Crippen LogP contribution in [0.15, 0.2) is 24.3 Å². The maximum atomic E-state index is 12.8. The summed E-state index contributed by atoms with van der Waals surface area (Å²) in [6.07, 6.45) is 2.08. The molecule has 3 atom stereocenters. The number of aliphatic hydroxyl groups excluding tert-OH is 1. The Balaban J connectivity index is 1.35. The number of carbonyl (C=O) groups excluding carboxylic acids is 1. The van der Waals surface area contributed by atoms with Crippen LogP contribution in [0.2, 0.25) is 5.02 Å². The monoisotopic (exact) mass is 394 g/mol. The van der Waals surface area contributed by atoms with Crippen LogP contribution in [0.5, 0.6) is 0 Å². The van der Waals surface area contributed by atoms with Gasteiger partial charge in [0.05, 0.1) is 24.7 Å². The third-order valence-electron chi connectivity index (χ3n) is 6.23. The van der Waals surface area contributed by atoms with Crippen LogP contribution < -0.4 is 5.32 Å². The predicted octanol–water partition coefficient (Wildman–Crippen LogP) is 1.76. The Morgan fingerprint density at radius 3 is 2.70 bits per heavy atom. The van der Waals surface area contributed by atoms with Crippen LogP contribution >= 0.6 is 11.6 Å². The first kappa shape index (κ1) is 19.2. The molecular weight excluding hydrogens is 368 g/mol. The molecular formula is C20H27ClN2O4. The number of morpholine rings is 1. The van der Waals surface area contributed by atoms with E-state index >= 15 is 0 Å². The van der Waals surface area contributed by atoms with Crippen molar-refractivity contribution < 1.29 is 19.4 Å². The number of nitrogens with one attached hydrogen (secondary N) is 1. The highest BCUT2D eigenvalue weighted by atomic mass is 35.5. The van der Waals surface area contributed by atoms with Crippen LogP contribution in [0.3, 0.4) is 0 Å². The van der Waals surface area contributed by atoms with Gasteiger partial charge in [0.15, 0.2) is 0 Å². The van der Waals surface area contributed by atoms with Crippen molar-refractivity contribution in [3.63, 3.8) is 0 Å². The van der Waals surface area contributed by atoms with E-state index < -0.39 is 5.41 Å². The molecule has 0 unspecified atom stereocenters. The van der Waals surface area contributed by atoms with Crippen molar-refractivity contribution in [1.82, 2.24) is 10.2 Å². The van der Waals surface area contributed by atoms with Gasteiger partial charge in [-0.1, -0.05) is 23.7 Å². The second-order valence-electron chi connectivity index (χ2n) is 7.94. The number of ether oxygens (including phenoxy) is 2. The van der Waals surface area contributed by atoms with Crippen molar-refractivity contribution in [3.8, 4) is 0 Å². The Kier molecular flexibility index (Phi) is 5.71. The predicted molar refractivity (Wildman–Crippen MR) is 102 cm³/mol. The number of halogens is 1. The van der Waals surface area contributed by atoms with Gasteiger partial charge in [-0.15, -0.1) is 0 Å². The van der Waals surface area contributed by atoms with E-state index in [9.17, 15) is 9.90 Å². The van der Waals surface area contributed by atoms with E-state index in [1.807, 2.05) is 24.3 Å². The number of fused-ring (bicyclic) bond motifs is 1. The maximum absolute atomic E-state index is 12.8. The van der Waals surface area contributed by atoms with Gasteiger partial charge in [0.25, 0.3) is 0 Å². The fourth-order valence-electron chi connectivity index (χ4n) is 4.42. The smallest absolute Gasteiger partial charge is 0.228 e. The maximum Gasteiger partial charge on any atom is 0.228 e. The van der Waals surface area contributed by atoms with Crippen molar-refractivity contribution in [3.05, 3.63) is 34.9 Å². The fourth-order valence-corrected chi connectivity index (χ4v) is 4.54. The van der Waals surface area contributed by atoms with Gasteiger partial charge in [0, 0.05) is 43.4 Å². The van der Waals surface area contributed by atoms with E-state index in [0.29, 0.717) is 38.7 Å². The minimum absolute atomic E-state index is 0.0340. The Morgan fingerprint density at radius 1 is 1.26 bits per heavy atom. The molecule has 3 aliphatic rings. The number of hydrogen-bond acceptors (Lipinski definition) is 5. The molecule has 2 N–H and O–H groups in total. The van der Waals surface area contributed by atoms with Crippen molar-refractivity contribution in [1.29, 1.82) is 0 Å². The molecule has 6 nitrogen and oxygen atoms in total. The number of rotatable bonds is 4. The molecule has 3 aliphatic heterocycles. The molecule has 7 heteroatoms. The first-order valence-corrected chi connectivity index (χ1v) is 10.1. The minimum Gasteiger partial charge on any atom is -0.395 e. The van der Waals surface area contributed by atoms with Gasteiger partial charge in [-0.05, 0) is 37.0 Å². The average molecular weight is 395 g/mol. The standard InChI is InChI=1S/C20H27ClN2O4/c21-15-3-1-14(2-4-15)18-11-23-10-16(9-17(23)12-27-18)22-19(25)20(13-24)5-7-26-8-6-20/h1-4,16-18,24H,5-13H2,(H,22,25)/t16-,17+,18-/m1/s1. The Labute approximate surface area is 164 Å². The summed E-state index contributed by atoms with van der Waals surface area (Å²) in [6, 6.07) is 8.24. The van der Waals surface area contributed by atoms with Crippen molar-refractivity contribution in [2.45, 2.75) is 37.5 Å². The number of aliphatic hydroxyl groups is 1. The van der Waals surface area contributed by atoms with Crippen LogP contribution in [0, 0.1) is 5.41 Å². The summed E-state index contributed by atoms with van der Waals surface area (Å²) in [4.78, 5) is 15.2. The fraction of sp³-hybridized carbons (Fsp3) is 0.650. The highest BCUT2D eigenvalue weighted by molar-refractivity contribution is 6.30. The largest absolute Gasteiger partial charge is 0.395 e. The van der Waals surface area contributed by atoms with Crippen LogP contribution in [0.25, 0.3) is 0 Å². The lowest BCUT2D eigenvalue weighted by atomic mass is 9.80. The number of carbonyl (C=O) groups is 1. The molecule has 3 saturated heterocycles. The second-order valence-corrected chi connectivity index (χ2v) is 8.37. The molecule has 0 spiro atoms. The summed E-state index contributed by atoms with van der Waals surface area (Å²) in [6.45, 7) is 3.25. The number of nitrogens with zero attached hydrogens (tertiary/aromatic N) is 1. The summed E-state index contributed by atoms with van der Waals surface area (Å²) in [7, 11) is 0. The third kappa shape index (κ3) is 4.00. The molecule has 0 radical (unpaired) electrons. The van der Waals surface area contributed by atoms with Crippen LogP contribution in [0.4, 0.5) is 0 Å². The molecule has 3 heterocycles. The van der Waals surface area contributed by atoms with E-state index in [1.165, 1.54) is 0 Å². The molecule has 0 aliphatic carbocycles. The van der Waals surface area contributed by atoms with Crippen LogP contribution in [-0.4, -0.2) is 67.5 Å². The molecule has 1 amide bonds. The molecule has 3 fully saturated rings. The third-order valence-corrected chi connectivity index (χ3v) is 6.48. The quantitative estimate of drug-likeness (QED) is 0.814. The van der Waals surface area contributed by atoms with E-state index in [2.05, 4.69) is 10.2 Å². The van der Waals surface area contributed by atoms with E-state index in [0.717, 1.165) is 30.1 Å². The van der Waals surface area contributed by atoms with Gasteiger partial charge in [-0.25, -0.2) is 0 Å². The zero-order valence-corrected chi connectivity index (χ0v) is 16.2. The zero-order chi connectivity index (χ0) is 18.9. The highest BCUT2D eigenvalue weighted by Gasteiger charge is 2.43. The summed E-state index contributed by atoms with van der Waals surface area (Å²) in [5, 5.41) is 13.7. The van der Waals surface area contributed by atoms with Gasteiger partial charge >= 0.3 is 0 Å². The van der Waals surface area contributed by atoms with Crippen molar-refractivity contribution in [2.24, 2.45) is 5.41 Å². The van der Waals surface area contributed by atoms with Crippen molar-refractivity contribution >= 4 is 17.5 Å². The lowest BCUT2D eigenvalue weighted by Gasteiger charge is -2.35. The number of benzene rings is 1. The zero-order valence-electron chi connectivity index (χ0n) is 15.4.